The quantitative estimate of drug-likeness (QED) is 0.327. The monoisotopic (exact) mass is 490 g/mol. The molecule has 8 heteroatoms. The molecular formula is C28H34N4O4. The van der Waals surface area contributed by atoms with Crippen molar-refractivity contribution in [2.45, 2.75) is 58.7 Å². The first kappa shape index (κ1) is 25.6. The Balaban J connectivity index is 1.50. The maximum Gasteiger partial charge on any atom is 0.266 e. The Labute approximate surface area is 211 Å². The molecule has 2 atom stereocenters. The molecule has 4 N–H and O–H groups in total. The largest absolute Gasteiger partial charge is 0.489 e. The molecule has 1 fully saturated rings. The van der Waals surface area contributed by atoms with Crippen molar-refractivity contribution >= 4 is 22.7 Å². The number of nitrogens with zero attached hydrogens (tertiary/aromatic N) is 2. The Kier molecular flexibility index (Phi) is 7.28. The van der Waals surface area contributed by atoms with Gasteiger partial charge in [0.25, 0.3) is 5.91 Å². The third-order valence-corrected chi connectivity index (χ3v) is 6.81. The molecule has 3 aromatic rings. The van der Waals surface area contributed by atoms with Crippen LogP contribution in [0.3, 0.4) is 0 Å². The van der Waals surface area contributed by atoms with E-state index in [-0.39, 0.29) is 11.8 Å². The molecule has 1 aliphatic heterocycles. The van der Waals surface area contributed by atoms with Crippen molar-refractivity contribution in [3.63, 3.8) is 0 Å². The fraction of sp³-hybridized carbons (Fsp3) is 0.393. The highest BCUT2D eigenvalue weighted by Crippen LogP contribution is 2.34. The molecule has 1 aromatic heterocycles. The highest BCUT2D eigenvalue weighted by atomic mass is 16.5. The molecule has 0 radical (unpaired) electrons. The van der Waals surface area contributed by atoms with E-state index in [1.807, 2.05) is 51.1 Å². The minimum Gasteiger partial charge on any atom is -0.489 e. The van der Waals surface area contributed by atoms with Crippen LogP contribution in [-0.4, -0.2) is 39.5 Å². The molecule has 36 heavy (non-hydrogen) atoms. The fourth-order valence-corrected chi connectivity index (χ4v) is 4.91. The number of amides is 2. The zero-order chi connectivity index (χ0) is 26.0. The summed E-state index contributed by atoms with van der Waals surface area (Å²) in [5.41, 5.74) is 11.8. The van der Waals surface area contributed by atoms with Gasteiger partial charge in [-0.2, -0.15) is 0 Å². The maximum atomic E-state index is 13.4. The van der Waals surface area contributed by atoms with E-state index >= 15 is 0 Å². The second kappa shape index (κ2) is 10.2. The number of nitrogens with two attached hydrogens (primary N) is 1. The number of carbonyl (C=O) groups is 2. The van der Waals surface area contributed by atoms with E-state index < -0.39 is 17.5 Å². The second-order valence-electron chi connectivity index (χ2n) is 10.1. The SMILES string of the molecule is Cc1ccc2nc(C)cc(COc3ccc([C@]4(N)CCN(C(CC(C)C)C(=O)NO)C4=O)cc3)c2c1. The lowest BCUT2D eigenvalue weighted by molar-refractivity contribution is -0.144. The average molecular weight is 491 g/mol. The average Bonchev–Trinajstić information content (AvgIpc) is 3.16. The van der Waals surface area contributed by atoms with Gasteiger partial charge in [-0.05, 0) is 68.5 Å². The van der Waals surface area contributed by atoms with Crippen molar-refractivity contribution in [3.8, 4) is 5.75 Å². The summed E-state index contributed by atoms with van der Waals surface area (Å²) < 4.78 is 6.08. The van der Waals surface area contributed by atoms with Crippen LogP contribution in [0.2, 0.25) is 0 Å². The Bertz CT molecular complexity index is 1270. The summed E-state index contributed by atoms with van der Waals surface area (Å²) in [6, 6.07) is 14.7. The Morgan fingerprint density at radius 3 is 2.58 bits per heavy atom. The number of likely N-dealkylation sites (tertiary alicyclic amines) is 1. The van der Waals surface area contributed by atoms with Gasteiger partial charge in [0.05, 0.1) is 5.52 Å². The van der Waals surface area contributed by atoms with Gasteiger partial charge in [0.2, 0.25) is 5.91 Å². The summed E-state index contributed by atoms with van der Waals surface area (Å²) in [6.45, 7) is 8.67. The lowest BCUT2D eigenvalue weighted by Crippen LogP contribution is -2.52. The van der Waals surface area contributed by atoms with E-state index in [1.165, 1.54) is 4.90 Å². The molecule has 1 unspecified atom stereocenters. The number of aryl methyl sites for hydroxylation is 2. The van der Waals surface area contributed by atoms with E-state index in [4.69, 9.17) is 10.5 Å². The van der Waals surface area contributed by atoms with Crippen LogP contribution in [0, 0.1) is 19.8 Å². The number of aromatic nitrogens is 1. The van der Waals surface area contributed by atoms with Gasteiger partial charge in [-0.3, -0.25) is 19.8 Å². The van der Waals surface area contributed by atoms with E-state index in [0.717, 1.165) is 27.7 Å². The van der Waals surface area contributed by atoms with E-state index in [0.29, 0.717) is 37.3 Å². The van der Waals surface area contributed by atoms with Crippen molar-refractivity contribution in [3.05, 3.63) is 70.9 Å². The Morgan fingerprint density at radius 1 is 1.19 bits per heavy atom. The van der Waals surface area contributed by atoms with E-state index in [9.17, 15) is 14.8 Å². The Hall–Kier alpha value is -3.49. The number of rotatable bonds is 8. The van der Waals surface area contributed by atoms with Gasteiger partial charge in [0.1, 0.15) is 23.9 Å². The third kappa shape index (κ3) is 5.05. The zero-order valence-electron chi connectivity index (χ0n) is 21.2. The third-order valence-electron chi connectivity index (χ3n) is 6.81. The van der Waals surface area contributed by atoms with Gasteiger partial charge in [0, 0.05) is 23.2 Å². The lowest BCUT2D eigenvalue weighted by Gasteiger charge is -2.30. The first-order valence-electron chi connectivity index (χ1n) is 12.3. The van der Waals surface area contributed by atoms with Gasteiger partial charge < -0.3 is 15.4 Å². The summed E-state index contributed by atoms with van der Waals surface area (Å²) >= 11 is 0. The van der Waals surface area contributed by atoms with E-state index in [2.05, 4.69) is 18.0 Å². The molecule has 1 aliphatic rings. The van der Waals surface area contributed by atoms with Crippen LogP contribution in [-0.2, 0) is 21.7 Å². The predicted octanol–water partition coefficient (Wildman–Crippen LogP) is 3.74. The first-order chi connectivity index (χ1) is 17.1. The normalized spacial score (nSPS) is 18.6. The topological polar surface area (TPSA) is 118 Å². The van der Waals surface area contributed by atoms with Crippen LogP contribution < -0.4 is 16.0 Å². The summed E-state index contributed by atoms with van der Waals surface area (Å²) in [6.07, 6.45) is 0.810. The highest BCUT2D eigenvalue weighted by Gasteiger charge is 2.48. The van der Waals surface area contributed by atoms with Gasteiger partial charge in [0.15, 0.2) is 0 Å². The molecule has 1 saturated heterocycles. The van der Waals surface area contributed by atoms with Crippen LogP contribution in [0.1, 0.15) is 49.1 Å². The maximum absolute atomic E-state index is 13.4. The number of hydrogen-bond donors (Lipinski definition) is 3. The standard InChI is InChI=1S/C28H34N4O4/c1-17(2)13-25(26(33)31-35)32-12-11-28(29,27(32)34)21-6-8-22(9-7-21)36-16-20-15-19(4)30-24-10-5-18(3)14-23(20)24/h5-10,14-15,17,25,35H,11-13,16,29H2,1-4H3,(H,31,33)/t25?,28-/m1/s1. The first-order valence-corrected chi connectivity index (χ1v) is 12.3. The number of ether oxygens (including phenoxy) is 1. The molecule has 2 aromatic carbocycles. The number of hydrogen-bond acceptors (Lipinski definition) is 6. The molecule has 190 valence electrons. The van der Waals surface area contributed by atoms with Gasteiger partial charge in [-0.15, -0.1) is 0 Å². The van der Waals surface area contributed by atoms with Crippen LogP contribution in [0.25, 0.3) is 10.9 Å². The summed E-state index contributed by atoms with van der Waals surface area (Å²) in [5, 5.41) is 10.2. The molecule has 2 heterocycles. The minimum absolute atomic E-state index is 0.162. The number of nitrogens with one attached hydrogen (secondary N) is 1. The van der Waals surface area contributed by atoms with Crippen molar-refractivity contribution in [2.24, 2.45) is 11.7 Å². The fourth-order valence-electron chi connectivity index (χ4n) is 4.91. The molecule has 4 rings (SSSR count). The zero-order valence-corrected chi connectivity index (χ0v) is 21.2. The number of fused-ring (bicyclic) bond motifs is 1. The van der Waals surface area contributed by atoms with Crippen molar-refractivity contribution in [1.82, 2.24) is 15.4 Å². The molecule has 0 bridgehead atoms. The summed E-state index contributed by atoms with van der Waals surface area (Å²) in [4.78, 5) is 31.7. The summed E-state index contributed by atoms with van der Waals surface area (Å²) in [5.74, 6) is -0.0922. The highest BCUT2D eigenvalue weighted by molar-refractivity contribution is 5.94. The predicted molar refractivity (Wildman–Crippen MR) is 137 cm³/mol. The molecule has 0 aliphatic carbocycles. The van der Waals surface area contributed by atoms with Gasteiger partial charge in [-0.25, -0.2) is 5.48 Å². The number of hydroxylamine groups is 1. The van der Waals surface area contributed by atoms with Crippen LogP contribution in [0.5, 0.6) is 5.75 Å². The van der Waals surface area contributed by atoms with Crippen LogP contribution >= 0.6 is 0 Å². The number of benzene rings is 2. The number of carbonyl (C=O) groups excluding carboxylic acids is 2. The molecule has 8 nitrogen and oxygen atoms in total. The molecular weight excluding hydrogens is 456 g/mol. The molecule has 0 spiro atoms. The van der Waals surface area contributed by atoms with Crippen LogP contribution in [0.15, 0.2) is 48.5 Å². The van der Waals surface area contributed by atoms with Crippen molar-refractivity contribution < 1.29 is 19.5 Å². The number of pyridine rings is 1. The van der Waals surface area contributed by atoms with Crippen molar-refractivity contribution in [2.75, 3.05) is 6.54 Å². The smallest absolute Gasteiger partial charge is 0.266 e. The van der Waals surface area contributed by atoms with Gasteiger partial charge >= 0.3 is 0 Å². The van der Waals surface area contributed by atoms with Gasteiger partial charge in [-0.1, -0.05) is 37.6 Å². The summed E-state index contributed by atoms with van der Waals surface area (Å²) in [7, 11) is 0. The molecule has 2 amide bonds. The van der Waals surface area contributed by atoms with Crippen LogP contribution in [0.4, 0.5) is 0 Å². The minimum atomic E-state index is -1.24. The lowest BCUT2D eigenvalue weighted by atomic mass is 9.89. The molecule has 0 saturated carbocycles. The van der Waals surface area contributed by atoms with E-state index in [1.54, 1.807) is 17.6 Å². The van der Waals surface area contributed by atoms with Crippen molar-refractivity contribution in [1.29, 1.82) is 0 Å². The second-order valence-corrected chi connectivity index (χ2v) is 10.1. The Morgan fingerprint density at radius 2 is 1.92 bits per heavy atom.